The van der Waals surface area contributed by atoms with Crippen molar-refractivity contribution >= 4 is 0 Å². The third-order valence-corrected chi connectivity index (χ3v) is 1.32. The lowest BCUT2D eigenvalue weighted by molar-refractivity contribution is 0.0164. The lowest BCUT2D eigenvalue weighted by Crippen LogP contribution is -2.25. The first kappa shape index (κ1) is 10.4. The molecule has 0 rings (SSSR count). The quantitative estimate of drug-likeness (QED) is 0.634. The van der Waals surface area contributed by atoms with Crippen molar-refractivity contribution in [2.75, 3.05) is 0 Å². The summed E-state index contributed by atoms with van der Waals surface area (Å²) in [5.74, 6) is 0. The Bertz CT molecular complexity index is 143. The Balaban J connectivity index is 3.54. The van der Waals surface area contributed by atoms with Gasteiger partial charge in [-0.2, -0.15) is 5.26 Å². The molecule has 0 aliphatic carbocycles. The first-order valence-corrected chi connectivity index (χ1v) is 3.73. The SMILES string of the molecule is CC(C)(O)CC(O)CCC#N. The van der Waals surface area contributed by atoms with Gasteiger partial charge in [0.15, 0.2) is 0 Å². The van der Waals surface area contributed by atoms with E-state index in [-0.39, 0.29) is 0 Å². The molecule has 0 fully saturated rings. The highest BCUT2D eigenvalue weighted by molar-refractivity contribution is 4.76. The van der Waals surface area contributed by atoms with E-state index in [4.69, 9.17) is 5.26 Å². The second-order valence-corrected chi connectivity index (χ2v) is 3.37. The Kier molecular flexibility index (Phi) is 4.09. The summed E-state index contributed by atoms with van der Waals surface area (Å²) in [6, 6.07) is 1.94. The predicted octanol–water partition coefficient (Wildman–Crippen LogP) is 0.812. The molecule has 0 aliphatic rings. The third-order valence-electron chi connectivity index (χ3n) is 1.32. The van der Waals surface area contributed by atoms with Crippen molar-refractivity contribution in [3.8, 4) is 6.07 Å². The van der Waals surface area contributed by atoms with Crippen LogP contribution >= 0.6 is 0 Å². The highest BCUT2D eigenvalue weighted by atomic mass is 16.3. The van der Waals surface area contributed by atoms with Gasteiger partial charge in [0, 0.05) is 12.8 Å². The second-order valence-electron chi connectivity index (χ2n) is 3.37. The number of nitrogens with zero attached hydrogens (tertiary/aromatic N) is 1. The molecule has 0 aromatic carbocycles. The van der Waals surface area contributed by atoms with Gasteiger partial charge in [0.25, 0.3) is 0 Å². The molecule has 0 aromatic heterocycles. The normalized spacial score (nSPS) is 14.1. The van der Waals surface area contributed by atoms with Gasteiger partial charge in [0.1, 0.15) is 0 Å². The zero-order valence-electron chi connectivity index (χ0n) is 7.04. The molecule has 2 N–H and O–H groups in total. The van der Waals surface area contributed by atoms with Crippen LogP contribution in [0.15, 0.2) is 0 Å². The average Bonchev–Trinajstić information content (AvgIpc) is 1.79. The van der Waals surface area contributed by atoms with Gasteiger partial charge in [0.05, 0.1) is 17.8 Å². The van der Waals surface area contributed by atoms with Crippen molar-refractivity contribution in [1.82, 2.24) is 0 Å². The van der Waals surface area contributed by atoms with Crippen LogP contribution in [-0.2, 0) is 0 Å². The fourth-order valence-electron chi connectivity index (χ4n) is 0.910. The van der Waals surface area contributed by atoms with Gasteiger partial charge in [-0.25, -0.2) is 0 Å². The number of hydrogen-bond donors (Lipinski definition) is 2. The van der Waals surface area contributed by atoms with E-state index in [1.54, 1.807) is 13.8 Å². The minimum Gasteiger partial charge on any atom is -0.393 e. The summed E-state index contributed by atoms with van der Waals surface area (Å²) >= 11 is 0. The minimum absolute atomic E-state index is 0.328. The van der Waals surface area contributed by atoms with Crippen LogP contribution in [0.2, 0.25) is 0 Å². The van der Waals surface area contributed by atoms with Crippen LogP contribution in [0.4, 0.5) is 0 Å². The van der Waals surface area contributed by atoms with Gasteiger partial charge >= 0.3 is 0 Å². The number of aliphatic hydroxyl groups is 2. The molecule has 0 heterocycles. The summed E-state index contributed by atoms with van der Waals surface area (Å²) in [5.41, 5.74) is -0.838. The van der Waals surface area contributed by atoms with Crippen molar-refractivity contribution in [2.45, 2.75) is 44.8 Å². The van der Waals surface area contributed by atoms with Crippen molar-refractivity contribution in [1.29, 1.82) is 5.26 Å². The minimum atomic E-state index is -0.838. The highest BCUT2D eigenvalue weighted by Crippen LogP contribution is 2.13. The molecule has 0 saturated carbocycles. The topological polar surface area (TPSA) is 64.2 Å². The summed E-state index contributed by atoms with van der Waals surface area (Å²) in [7, 11) is 0. The van der Waals surface area contributed by atoms with E-state index in [9.17, 15) is 10.2 Å². The first-order valence-electron chi connectivity index (χ1n) is 3.73. The van der Waals surface area contributed by atoms with E-state index in [0.717, 1.165) is 0 Å². The molecule has 0 saturated heterocycles. The van der Waals surface area contributed by atoms with Crippen molar-refractivity contribution in [3.05, 3.63) is 0 Å². The van der Waals surface area contributed by atoms with Gasteiger partial charge in [-0.3, -0.25) is 0 Å². The standard InChI is InChI=1S/C8H15NO2/c1-8(2,11)6-7(10)4-3-5-9/h7,10-11H,3-4,6H2,1-2H3. The van der Waals surface area contributed by atoms with Crippen LogP contribution < -0.4 is 0 Å². The maximum Gasteiger partial charge on any atom is 0.0622 e. The van der Waals surface area contributed by atoms with Gasteiger partial charge < -0.3 is 10.2 Å². The lowest BCUT2D eigenvalue weighted by Gasteiger charge is -2.20. The Labute approximate surface area is 67.3 Å². The van der Waals surface area contributed by atoms with Crippen LogP contribution in [0.25, 0.3) is 0 Å². The van der Waals surface area contributed by atoms with Gasteiger partial charge in [-0.15, -0.1) is 0 Å². The maximum atomic E-state index is 9.24. The molecule has 11 heavy (non-hydrogen) atoms. The molecule has 3 nitrogen and oxygen atoms in total. The zero-order chi connectivity index (χ0) is 8.91. The van der Waals surface area contributed by atoms with E-state index in [1.807, 2.05) is 6.07 Å². The van der Waals surface area contributed by atoms with E-state index in [0.29, 0.717) is 19.3 Å². The Hall–Kier alpha value is -0.590. The largest absolute Gasteiger partial charge is 0.393 e. The molecule has 1 atom stereocenters. The second kappa shape index (κ2) is 4.32. The van der Waals surface area contributed by atoms with Crippen LogP contribution in [-0.4, -0.2) is 21.9 Å². The van der Waals surface area contributed by atoms with Crippen LogP contribution in [0.5, 0.6) is 0 Å². The summed E-state index contributed by atoms with van der Waals surface area (Å²) < 4.78 is 0. The van der Waals surface area contributed by atoms with Gasteiger partial charge in [-0.05, 0) is 20.3 Å². The van der Waals surface area contributed by atoms with Crippen LogP contribution in [0.3, 0.4) is 0 Å². The average molecular weight is 157 g/mol. The van der Waals surface area contributed by atoms with Crippen LogP contribution in [0.1, 0.15) is 33.1 Å². The molecule has 0 bridgehead atoms. The summed E-state index contributed by atoms with van der Waals surface area (Å²) in [5, 5.41) is 26.6. The molecule has 3 heteroatoms. The van der Waals surface area contributed by atoms with E-state index < -0.39 is 11.7 Å². The van der Waals surface area contributed by atoms with Crippen molar-refractivity contribution in [2.24, 2.45) is 0 Å². The Morgan fingerprint density at radius 3 is 2.45 bits per heavy atom. The monoisotopic (exact) mass is 157 g/mol. The van der Waals surface area contributed by atoms with E-state index in [1.165, 1.54) is 0 Å². The van der Waals surface area contributed by atoms with E-state index in [2.05, 4.69) is 0 Å². The Morgan fingerprint density at radius 1 is 1.55 bits per heavy atom. The van der Waals surface area contributed by atoms with Crippen LogP contribution in [0, 0.1) is 11.3 Å². The summed E-state index contributed by atoms with van der Waals surface area (Å²) in [4.78, 5) is 0. The van der Waals surface area contributed by atoms with Crippen molar-refractivity contribution < 1.29 is 10.2 Å². The molecule has 0 spiro atoms. The number of hydrogen-bond acceptors (Lipinski definition) is 3. The molecule has 0 amide bonds. The third kappa shape index (κ3) is 7.31. The van der Waals surface area contributed by atoms with E-state index >= 15 is 0 Å². The summed E-state index contributed by atoms with van der Waals surface area (Å²) in [6.45, 7) is 3.28. The maximum absolute atomic E-state index is 9.24. The molecule has 64 valence electrons. The molecule has 1 unspecified atom stereocenters. The Morgan fingerprint density at radius 2 is 2.09 bits per heavy atom. The number of nitriles is 1. The molecular weight excluding hydrogens is 142 g/mol. The smallest absolute Gasteiger partial charge is 0.0622 e. The fraction of sp³-hybridized carbons (Fsp3) is 0.875. The fourth-order valence-corrected chi connectivity index (χ4v) is 0.910. The van der Waals surface area contributed by atoms with Gasteiger partial charge in [-0.1, -0.05) is 0 Å². The molecular formula is C8H15NO2. The highest BCUT2D eigenvalue weighted by Gasteiger charge is 2.17. The first-order chi connectivity index (χ1) is 4.95. The lowest BCUT2D eigenvalue weighted by atomic mass is 9.98. The number of aliphatic hydroxyl groups excluding tert-OH is 1. The molecule has 0 radical (unpaired) electrons. The summed E-state index contributed by atoms with van der Waals surface area (Å²) in [6.07, 6.45) is 0.557. The predicted molar refractivity (Wildman–Crippen MR) is 41.8 cm³/mol. The van der Waals surface area contributed by atoms with Crippen molar-refractivity contribution in [3.63, 3.8) is 0 Å². The molecule has 0 aromatic rings. The molecule has 0 aliphatic heterocycles. The number of rotatable bonds is 4. The zero-order valence-corrected chi connectivity index (χ0v) is 7.04. The van der Waals surface area contributed by atoms with Gasteiger partial charge in [0.2, 0.25) is 0 Å².